The predicted molar refractivity (Wildman–Crippen MR) is 87.1 cm³/mol. The Morgan fingerprint density at radius 2 is 1.88 bits per heavy atom. The Balaban J connectivity index is 2.15. The summed E-state index contributed by atoms with van der Waals surface area (Å²) in [6.07, 6.45) is -2.16. The van der Waals surface area contributed by atoms with E-state index < -0.39 is 48.2 Å². The molecular formula is C17H20O9. The summed E-state index contributed by atoms with van der Waals surface area (Å²) < 4.78 is 5.11. The van der Waals surface area contributed by atoms with Gasteiger partial charge in [-0.25, -0.2) is 9.59 Å². The van der Waals surface area contributed by atoms with Crippen LogP contribution in [0.15, 0.2) is 24.3 Å². The second-order valence-corrected chi connectivity index (χ2v) is 6.55. The fraction of sp³-hybridized carbons (Fsp3) is 0.412. The summed E-state index contributed by atoms with van der Waals surface area (Å²) in [5.41, 5.74) is -3.81. The van der Waals surface area contributed by atoms with Crippen molar-refractivity contribution in [2.45, 2.75) is 43.2 Å². The highest BCUT2D eigenvalue weighted by Crippen LogP contribution is 2.38. The van der Waals surface area contributed by atoms with Crippen molar-refractivity contribution in [1.82, 2.24) is 0 Å². The minimum atomic E-state index is -2.35. The van der Waals surface area contributed by atoms with Crippen LogP contribution in [0.1, 0.15) is 25.3 Å². The SMILES string of the molecule is CC1(OC(=O)C=Cc2ccc(O)c(O)c2)CC(O)(C(=O)O)CC(O)C1O. The van der Waals surface area contributed by atoms with Crippen LogP contribution >= 0.6 is 0 Å². The van der Waals surface area contributed by atoms with E-state index in [4.69, 9.17) is 9.84 Å². The second kappa shape index (κ2) is 6.94. The van der Waals surface area contributed by atoms with Gasteiger partial charge in [-0.3, -0.25) is 0 Å². The van der Waals surface area contributed by atoms with Crippen LogP contribution in [0.25, 0.3) is 6.08 Å². The Hall–Kier alpha value is -2.62. The smallest absolute Gasteiger partial charge is 0.335 e. The van der Waals surface area contributed by atoms with Crippen LogP contribution in [0.5, 0.6) is 11.5 Å². The number of hydrogen-bond donors (Lipinski definition) is 6. The zero-order valence-electron chi connectivity index (χ0n) is 13.9. The number of esters is 1. The van der Waals surface area contributed by atoms with Crippen molar-refractivity contribution in [2.24, 2.45) is 0 Å². The van der Waals surface area contributed by atoms with Crippen molar-refractivity contribution in [3.63, 3.8) is 0 Å². The molecule has 26 heavy (non-hydrogen) atoms. The van der Waals surface area contributed by atoms with Crippen LogP contribution in [0.4, 0.5) is 0 Å². The van der Waals surface area contributed by atoms with E-state index in [9.17, 15) is 35.1 Å². The molecule has 4 unspecified atom stereocenters. The molecule has 1 saturated carbocycles. The molecular weight excluding hydrogens is 348 g/mol. The maximum Gasteiger partial charge on any atom is 0.335 e. The number of rotatable bonds is 4. The van der Waals surface area contributed by atoms with Crippen molar-refractivity contribution in [3.05, 3.63) is 29.8 Å². The van der Waals surface area contributed by atoms with E-state index in [1.165, 1.54) is 31.2 Å². The van der Waals surface area contributed by atoms with Gasteiger partial charge in [0.05, 0.1) is 6.10 Å². The lowest BCUT2D eigenvalue weighted by atomic mass is 9.72. The minimum Gasteiger partial charge on any atom is -0.504 e. The topological polar surface area (TPSA) is 165 Å². The molecule has 0 bridgehead atoms. The van der Waals surface area contributed by atoms with Gasteiger partial charge < -0.3 is 35.4 Å². The number of phenolic OH excluding ortho intramolecular Hbond substituents is 2. The first-order valence-electron chi connectivity index (χ1n) is 7.72. The second-order valence-electron chi connectivity index (χ2n) is 6.55. The summed E-state index contributed by atoms with van der Waals surface area (Å²) in [7, 11) is 0. The molecule has 9 heteroatoms. The Labute approximate surface area is 148 Å². The lowest BCUT2D eigenvalue weighted by Gasteiger charge is -2.45. The van der Waals surface area contributed by atoms with Gasteiger partial charge in [0.25, 0.3) is 0 Å². The lowest BCUT2D eigenvalue weighted by Crippen LogP contribution is -2.62. The highest BCUT2D eigenvalue weighted by molar-refractivity contribution is 5.87. The molecule has 2 rings (SSSR count). The Morgan fingerprint density at radius 1 is 1.23 bits per heavy atom. The highest BCUT2D eigenvalue weighted by Gasteiger charge is 2.56. The van der Waals surface area contributed by atoms with Gasteiger partial charge >= 0.3 is 11.9 Å². The lowest BCUT2D eigenvalue weighted by molar-refractivity contribution is -0.222. The first-order valence-corrected chi connectivity index (χ1v) is 7.72. The third kappa shape index (κ3) is 3.96. The summed E-state index contributed by atoms with van der Waals surface area (Å²) in [4.78, 5) is 23.3. The first-order chi connectivity index (χ1) is 12.0. The van der Waals surface area contributed by atoms with Crippen LogP contribution in [0.2, 0.25) is 0 Å². The van der Waals surface area contributed by atoms with Gasteiger partial charge in [-0.05, 0) is 30.7 Å². The fourth-order valence-electron chi connectivity index (χ4n) is 2.95. The van der Waals surface area contributed by atoms with E-state index >= 15 is 0 Å². The van der Waals surface area contributed by atoms with Gasteiger partial charge in [-0.2, -0.15) is 0 Å². The van der Waals surface area contributed by atoms with E-state index in [2.05, 4.69) is 0 Å². The van der Waals surface area contributed by atoms with E-state index in [0.717, 1.165) is 6.08 Å². The molecule has 0 radical (unpaired) electrons. The molecule has 0 aromatic heterocycles. The summed E-state index contributed by atoms with van der Waals surface area (Å²) in [6.45, 7) is 1.21. The molecule has 1 aromatic rings. The third-order valence-electron chi connectivity index (χ3n) is 4.32. The monoisotopic (exact) mass is 368 g/mol. The quantitative estimate of drug-likeness (QED) is 0.239. The molecule has 0 aliphatic heterocycles. The molecule has 1 aromatic carbocycles. The van der Waals surface area contributed by atoms with E-state index in [1.807, 2.05) is 0 Å². The van der Waals surface area contributed by atoms with Crippen molar-refractivity contribution in [3.8, 4) is 11.5 Å². The number of carbonyl (C=O) groups is 2. The molecule has 1 aliphatic carbocycles. The van der Waals surface area contributed by atoms with Crippen molar-refractivity contribution in [2.75, 3.05) is 0 Å². The molecule has 6 N–H and O–H groups in total. The number of aliphatic hydroxyl groups is 3. The average Bonchev–Trinajstić information content (AvgIpc) is 2.53. The number of aliphatic carboxylic acids is 1. The maximum atomic E-state index is 12.0. The maximum absolute atomic E-state index is 12.0. The number of benzene rings is 1. The molecule has 0 heterocycles. The standard InChI is InChI=1S/C17H20O9/c1-16(8-17(25,15(23)24)7-12(20)14(16)22)26-13(21)5-3-9-2-4-10(18)11(19)6-9/h2-6,12,14,18-20,22,25H,7-8H2,1H3,(H,23,24). The molecule has 4 atom stereocenters. The van der Waals surface area contributed by atoms with Gasteiger partial charge in [0.2, 0.25) is 0 Å². The Morgan fingerprint density at radius 3 is 2.46 bits per heavy atom. The van der Waals surface area contributed by atoms with E-state index in [0.29, 0.717) is 5.56 Å². The number of hydrogen-bond acceptors (Lipinski definition) is 8. The van der Waals surface area contributed by atoms with Crippen molar-refractivity contribution >= 4 is 18.0 Å². The Bertz CT molecular complexity index is 744. The largest absolute Gasteiger partial charge is 0.504 e. The van der Waals surface area contributed by atoms with Gasteiger partial charge in [0, 0.05) is 18.9 Å². The molecule has 9 nitrogen and oxygen atoms in total. The summed E-state index contributed by atoms with van der Waals surface area (Å²) in [5.74, 6) is -3.27. The number of aliphatic hydroxyl groups excluding tert-OH is 2. The van der Waals surface area contributed by atoms with Gasteiger partial charge in [0.15, 0.2) is 17.1 Å². The number of aromatic hydroxyl groups is 2. The van der Waals surface area contributed by atoms with Crippen LogP contribution < -0.4 is 0 Å². The molecule has 0 saturated heterocycles. The normalized spacial score (nSPS) is 31.7. The summed E-state index contributed by atoms with van der Waals surface area (Å²) in [5, 5.41) is 57.8. The van der Waals surface area contributed by atoms with E-state index in [1.54, 1.807) is 0 Å². The van der Waals surface area contributed by atoms with Crippen molar-refractivity contribution in [1.29, 1.82) is 0 Å². The number of carbonyl (C=O) groups excluding carboxylic acids is 1. The van der Waals surface area contributed by atoms with Gasteiger partial charge in [-0.1, -0.05) is 6.07 Å². The first kappa shape index (κ1) is 19.7. The zero-order valence-corrected chi connectivity index (χ0v) is 13.9. The number of ether oxygens (including phenoxy) is 1. The zero-order chi connectivity index (χ0) is 19.7. The highest BCUT2D eigenvalue weighted by atomic mass is 16.6. The van der Waals surface area contributed by atoms with Crippen LogP contribution in [-0.4, -0.2) is 66.0 Å². The number of carboxylic acid groups (broad SMARTS) is 1. The average molecular weight is 368 g/mol. The third-order valence-corrected chi connectivity index (χ3v) is 4.32. The van der Waals surface area contributed by atoms with Crippen LogP contribution in [-0.2, 0) is 14.3 Å². The molecule has 0 spiro atoms. The molecule has 1 fully saturated rings. The molecule has 142 valence electrons. The number of carboxylic acids is 1. The molecule has 0 amide bonds. The molecule has 1 aliphatic rings. The number of phenols is 2. The fourth-order valence-corrected chi connectivity index (χ4v) is 2.95. The Kier molecular flexibility index (Phi) is 5.26. The predicted octanol–water partition coefficient (Wildman–Crippen LogP) is -0.256. The van der Waals surface area contributed by atoms with Gasteiger partial charge in [-0.15, -0.1) is 0 Å². The van der Waals surface area contributed by atoms with Crippen molar-refractivity contribution < 1.29 is 45.0 Å². The summed E-state index contributed by atoms with van der Waals surface area (Å²) in [6, 6.07) is 3.84. The minimum absolute atomic E-state index is 0.329. The summed E-state index contributed by atoms with van der Waals surface area (Å²) >= 11 is 0. The van der Waals surface area contributed by atoms with Crippen LogP contribution in [0, 0.1) is 0 Å². The van der Waals surface area contributed by atoms with Gasteiger partial charge in [0.1, 0.15) is 11.7 Å². The van der Waals surface area contributed by atoms with E-state index in [-0.39, 0.29) is 11.5 Å². The van der Waals surface area contributed by atoms with Crippen LogP contribution in [0.3, 0.4) is 0 Å².